The van der Waals surface area contributed by atoms with Gasteiger partial charge in [-0.05, 0) is 60.7 Å². The van der Waals surface area contributed by atoms with Gasteiger partial charge in [0.2, 0.25) is 0 Å². The van der Waals surface area contributed by atoms with E-state index in [1.54, 1.807) is 41.6 Å². The number of aromatic nitrogens is 1. The van der Waals surface area contributed by atoms with Gasteiger partial charge in [0, 0.05) is 62.4 Å². The number of nitrogen functional groups attached to an aromatic ring is 1. The average Bonchev–Trinajstić information content (AvgIpc) is 2.81. The Morgan fingerprint density at radius 2 is 1.71 bits per heavy atom. The molecule has 1 aliphatic rings. The Bertz CT molecular complexity index is 987. The van der Waals surface area contributed by atoms with Gasteiger partial charge in [-0.1, -0.05) is 0 Å². The summed E-state index contributed by atoms with van der Waals surface area (Å²) in [5.74, 6) is -0.290. The first-order valence-electron chi connectivity index (χ1n) is 10.4. The second-order valence-corrected chi connectivity index (χ2v) is 7.60. The number of hydrogen-bond acceptors (Lipinski definition) is 5. The molecule has 31 heavy (non-hydrogen) atoms. The number of rotatable bonds is 6. The number of nitrogens with zero attached hydrogens (tertiary/aromatic N) is 4. The summed E-state index contributed by atoms with van der Waals surface area (Å²) in [4.78, 5) is 23.7. The van der Waals surface area contributed by atoms with Gasteiger partial charge in [-0.3, -0.25) is 14.7 Å². The first-order chi connectivity index (χ1) is 15.1. The summed E-state index contributed by atoms with van der Waals surface area (Å²) < 4.78 is 13.2. The number of hydrogen-bond donors (Lipinski definition) is 1. The number of nitrogens with two attached hydrogens (primary N) is 1. The van der Waals surface area contributed by atoms with Gasteiger partial charge in [0.05, 0.1) is 11.9 Å². The molecule has 0 spiro atoms. The molecule has 1 fully saturated rings. The maximum absolute atomic E-state index is 13.2. The summed E-state index contributed by atoms with van der Waals surface area (Å²) in [5.41, 5.74) is 8.80. The Labute approximate surface area is 181 Å². The van der Waals surface area contributed by atoms with Crippen molar-refractivity contribution in [2.24, 2.45) is 0 Å². The SMILES string of the molecule is Nc1ccc(C(=O)N(CCN2CCN(c3ccc(F)cc3)CC2)c2cccnc2)cc1. The second kappa shape index (κ2) is 9.57. The highest BCUT2D eigenvalue weighted by molar-refractivity contribution is 6.06. The largest absolute Gasteiger partial charge is 0.399 e. The topological polar surface area (TPSA) is 65.7 Å². The molecule has 1 aromatic heterocycles. The highest BCUT2D eigenvalue weighted by atomic mass is 19.1. The van der Waals surface area contributed by atoms with Gasteiger partial charge in [0.15, 0.2) is 0 Å². The van der Waals surface area contributed by atoms with E-state index in [1.807, 2.05) is 24.3 Å². The Hall–Kier alpha value is -3.45. The minimum absolute atomic E-state index is 0.0713. The van der Waals surface area contributed by atoms with Crippen LogP contribution in [-0.4, -0.2) is 55.1 Å². The van der Waals surface area contributed by atoms with Crippen LogP contribution < -0.4 is 15.5 Å². The van der Waals surface area contributed by atoms with Crippen molar-refractivity contribution >= 4 is 23.0 Å². The lowest BCUT2D eigenvalue weighted by atomic mass is 10.1. The summed E-state index contributed by atoms with van der Waals surface area (Å²) in [7, 11) is 0. The predicted molar refractivity (Wildman–Crippen MR) is 122 cm³/mol. The molecule has 1 aliphatic heterocycles. The summed E-state index contributed by atoms with van der Waals surface area (Å²) in [6, 6.07) is 17.3. The summed E-state index contributed by atoms with van der Waals surface area (Å²) in [5, 5.41) is 0. The van der Waals surface area contributed by atoms with E-state index >= 15 is 0 Å². The Morgan fingerprint density at radius 3 is 2.35 bits per heavy atom. The molecule has 1 amide bonds. The van der Waals surface area contributed by atoms with Gasteiger partial charge < -0.3 is 15.5 Å². The van der Waals surface area contributed by atoms with Crippen LogP contribution in [0.4, 0.5) is 21.5 Å². The monoisotopic (exact) mass is 419 g/mol. The normalized spacial score (nSPS) is 14.4. The molecule has 0 unspecified atom stereocenters. The van der Waals surface area contributed by atoms with Crippen molar-refractivity contribution in [3.05, 3.63) is 84.4 Å². The first-order valence-corrected chi connectivity index (χ1v) is 10.4. The molecular weight excluding hydrogens is 393 g/mol. The molecule has 2 heterocycles. The van der Waals surface area contributed by atoms with Crippen LogP contribution >= 0.6 is 0 Å². The van der Waals surface area contributed by atoms with Gasteiger partial charge in [-0.15, -0.1) is 0 Å². The molecule has 0 radical (unpaired) electrons. The third kappa shape index (κ3) is 5.19. The van der Waals surface area contributed by atoms with Crippen molar-refractivity contribution in [1.29, 1.82) is 0 Å². The zero-order valence-electron chi connectivity index (χ0n) is 17.3. The number of halogens is 1. The Kier molecular flexibility index (Phi) is 6.43. The van der Waals surface area contributed by atoms with Crippen LogP contribution in [0.3, 0.4) is 0 Å². The van der Waals surface area contributed by atoms with Gasteiger partial charge in [0.1, 0.15) is 5.82 Å². The number of amides is 1. The molecule has 4 rings (SSSR count). The molecule has 6 nitrogen and oxygen atoms in total. The first kappa shape index (κ1) is 20.8. The van der Waals surface area contributed by atoms with Crippen molar-refractivity contribution < 1.29 is 9.18 Å². The van der Waals surface area contributed by atoms with Crippen molar-refractivity contribution in [1.82, 2.24) is 9.88 Å². The fraction of sp³-hybridized carbons (Fsp3) is 0.250. The van der Waals surface area contributed by atoms with E-state index in [0.717, 1.165) is 44.1 Å². The molecule has 0 saturated carbocycles. The van der Waals surface area contributed by atoms with Crippen LogP contribution in [0.25, 0.3) is 0 Å². The van der Waals surface area contributed by atoms with E-state index < -0.39 is 0 Å². The molecule has 160 valence electrons. The van der Waals surface area contributed by atoms with Gasteiger partial charge >= 0.3 is 0 Å². The van der Waals surface area contributed by atoms with Gasteiger partial charge in [-0.2, -0.15) is 0 Å². The average molecular weight is 420 g/mol. The van der Waals surface area contributed by atoms with Crippen LogP contribution in [0.2, 0.25) is 0 Å². The van der Waals surface area contributed by atoms with E-state index in [0.29, 0.717) is 17.8 Å². The van der Waals surface area contributed by atoms with Crippen molar-refractivity contribution in [3.63, 3.8) is 0 Å². The standard InChI is InChI=1S/C24H26FN5O/c25-20-5-9-22(10-6-20)29-15-12-28(13-16-29)14-17-30(23-2-1-11-27-18-23)24(31)19-3-7-21(26)8-4-19/h1-11,18H,12-17,26H2. The molecular formula is C24H26FN5O. The highest BCUT2D eigenvalue weighted by Gasteiger charge is 2.21. The fourth-order valence-electron chi connectivity index (χ4n) is 3.77. The number of carbonyl (C=O) groups excluding carboxylic acids is 1. The van der Waals surface area contributed by atoms with Crippen LogP contribution in [-0.2, 0) is 0 Å². The lowest BCUT2D eigenvalue weighted by Crippen LogP contribution is -2.49. The molecule has 7 heteroatoms. The Balaban J connectivity index is 1.39. The molecule has 1 saturated heterocycles. The number of carbonyl (C=O) groups is 1. The van der Waals surface area contributed by atoms with Crippen molar-refractivity contribution in [3.8, 4) is 0 Å². The summed E-state index contributed by atoms with van der Waals surface area (Å²) >= 11 is 0. The highest BCUT2D eigenvalue weighted by Crippen LogP contribution is 2.19. The van der Waals surface area contributed by atoms with Crippen LogP contribution in [0, 0.1) is 5.82 Å². The maximum Gasteiger partial charge on any atom is 0.258 e. The molecule has 3 aromatic rings. The number of pyridine rings is 1. The van der Waals surface area contributed by atoms with Crippen molar-refractivity contribution in [2.45, 2.75) is 0 Å². The maximum atomic E-state index is 13.2. The van der Waals surface area contributed by atoms with Crippen LogP contribution in [0.15, 0.2) is 73.1 Å². The third-order valence-corrected chi connectivity index (χ3v) is 5.56. The van der Waals surface area contributed by atoms with E-state index in [1.165, 1.54) is 12.1 Å². The van der Waals surface area contributed by atoms with E-state index in [9.17, 15) is 9.18 Å². The van der Waals surface area contributed by atoms with Crippen LogP contribution in [0.1, 0.15) is 10.4 Å². The quantitative estimate of drug-likeness (QED) is 0.622. The third-order valence-electron chi connectivity index (χ3n) is 5.56. The van der Waals surface area contributed by atoms with E-state index in [-0.39, 0.29) is 11.7 Å². The summed E-state index contributed by atoms with van der Waals surface area (Å²) in [6.45, 7) is 4.82. The van der Waals surface area contributed by atoms with Crippen LogP contribution in [0.5, 0.6) is 0 Å². The predicted octanol–water partition coefficient (Wildman–Crippen LogP) is 3.27. The lowest BCUT2D eigenvalue weighted by molar-refractivity contribution is 0.0983. The molecule has 0 aliphatic carbocycles. The van der Waals surface area contributed by atoms with Crippen molar-refractivity contribution in [2.75, 3.05) is 54.8 Å². The van der Waals surface area contributed by atoms with Gasteiger partial charge in [-0.25, -0.2) is 4.39 Å². The molecule has 0 bridgehead atoms. The number of piperazine rings is 1. The zero-order valence-corrected chi connectivity index (χ0v) is 17.3. The van der Waals surface area contributed by atoms with E-state index in [4.69, 9.17) is 5.73 Å². The molecule has 0 atom stereocenters. The number of benzene rings is 2. The Morgan fingerprint density at radius 1 is 1.00 bits per heavy atom. The minimum Gasteiger partial charge on any atom is -0.399 e. The zero-order chi connectivity index (χ0) is 21.6. The molecule has 2 N–H and O–H groups in total. The summed E-state index contributed by atoms with van der Waals surface area (Å²) in [6.07, 6.45) is 3.41. The fourth-order valence-corrected chi connectivity index (χ4v) is 3.77. The second-order valence-electron chi connectivity index (χ2n) is 7.60. The smallest absolute Gasteiger partial charge is 0.258 e. The van der Waals surface area contributed by atoms with Gasteiger partial charge in [0.25, 0.3) is 5.91 Å². The van der Waals surface area contributed by atoms with E-state index in [2.05, 4.69) is 14.8 Å². The lowest BCUT2D eigenvalue weighted by Gasteiger charge is -2.37. The number of anilines is 3. The molecule has 2 aromatic carbocycles. The minimum atomic E-state index is -0.219.